The van der Waals surface area contributed by atoms with Gasteiger partial charge < -0.3 is 15.2 Å². The van der Waals surface area contributed by atoms with Crippen LogP contribution in [0.2, 0.25) is 0 Å². The van der Waals surface area contributed by atoms with E-state index in [9.17, 15) is 4.79 Å². The van der Waals surface area contributed by atoms with Crippen LogP contribution in [-0.2, 0) is 11.2 Å². The van der Waals surface area contributed by atoms with Crippen molar-refractivity contribution in [2.24, 2.45) is 5.92 Å². The number of carboxylic acids is 1. The van der Waals surface area contributed by atoms with E-state index in [-0.39, 0.29) is 5.92 Å². The number of benzene rings is 1. The van der Waals surface area contributed by atoms with E-state index in [1.54, 1.807) is 7.11 Å². The summed E-state index contributed by atoms with van der Waals surface area (Å²) in [4.78, 5) is 11.1. The van der Waals surface area contributed by atoms with E-state index < -0.39 is 5.97 Å². The predicted molar refractivity (Wildman–Crippen MR) is 82.7 cm³/mol. The first kappa shape index (κ1) is 15.8. The van der Waals surface area contributed by atoms with Gasteiger partial charge in [-0.05, 0) is 44.2 Å². The third-order valence-corrected chi connectivity index (χ3v) is 4.26. The summed E-state index contributed by atoms with van der Waals surface area (Å²) in [7, 11) is 1.69. The quantitative estimate of drug-likeness (QED) is 0.846. The van der Waals surface area contributed by atoms with Crippen molar-refractivity contribution < 1.29 is 14.6 Å². The average Bonchev–Trinajstić information content (AvgIpc) is 2.48. The van der Waals surface area contributed by atoms with Gasteiger partial charge in [0.1, 0.15) is 5.75 Å². The van der Waals surface area contributed by atoms with Crippen molar-refractivity contribution in [2.45, 2.75) is 51.1 Å². The number of rotatable bonds is 6. The van der Waals surface area contributed by atoms with Gasteiger partial charge in [-0.1, -0.05) is 24.6 Å². The Morgan fingerprint density at radius 3 is 2.90 bits per heavy atom. The monoisotopic (exact) mass is 291 g/mol. The maximum absolute atomic E-state index is 11.1. The number of hydrogen-bond donors (Lipinski definition) is 2. The third kappa shape index (κ3) is 4.46. The minimum Gasteiger partial charge on any atom is -0.496 e. The Hall–Kier alpha value is -1.55. The zero-order valence-electron chi connectivity index (χ0n) is 12.8. The molecule has 0 saturated heterocycles. The topological polar surface area (TPSA) is 58.6 Å². The lowest BCUT2D eigenvalue weighted by Gasteiger charge is -2.30. The molecule has 0 aliphatic heterocycles. The van der Waals surface area contributed by atoms with E-state index in [0.717, 1.165) is 37.9 Å². The van der Waals surface area contributed by atoms with E-state index in [0.29, 0.717) is 12.1 Å². The van der Waals surface area contributed by atoms with Crippen molar-refractivity contribution in [2.75, 3.05) is 7.11 Å². The fourth-order valence-electron chi connectivity index (χ4n) is 3.23. The van der Waals surface area contributed by atoms with Crippen LogP contribution in [0.4, 0.5) is 0 Å². The molecule has 1 aromatic rings. The van der Waals surface area contributed by atoms with Crippen LogP contribution in [0.3, 0.4) is 0 Å². The Morgan fingerprint density at radius 2 is 2.19 bits per heavy atom. The summed E-state index contributed by atoms with van der Waals surface area (Å²) in [6.07, 6.45) is 4.51. The molecule has 2 rings (SSSR count). The summed E-state index contributed by atoms with van der Waals surface area (Å²) in [6, 6.07) is 8.66. The van der Waals surface area contributed by atoms with Crippen LogP contribution in [0.1, 0.15) is 38.2 Å². The smallest absolute Gasteiger partial charge is 0.306 e. The lowest BCUT2D eigenvalue weighted by atomic mass is 9.85. The van der Waals surface area contributed by atoms with Gasteiger partial charge in [0.05, 0.1) is 13.0 Å². The number of hydrogen-bond acceptors (Lipinski definition) is 3. The highest BCUT2D eigenvalue weighted by atomic mass is 16.5. The zero-order chi connectivity index (χ0) is 15.2. The van der Waals surface area contributed by atoms with Gasteiger partial charge in [0.25, 0.3) is 0 Å². The average molecular weight is 291 g/mol. The van der Waals surface area contributed by atoms with E-state index in [1.165, 1.54) is 5.56 Å². The fraction of sp³-hybridized carbons (Fsp3) is 0.588. The number of nitrogens with one attached hydrogen (secondary N) is 1. The second-order valence-electron chi connectivity index (χ2n) is 5.98. The van der Waals surface area contributed by atoms with Crippen molar-refractivity contribution in [3.8, 4) is 5.75 Å². The second kappa shape index (κ2) is 7.46. The zero-order valence-corrected chi connectivity index (χ0v) is 12.8. The minimum atomic E-state index is -0.654. The Bertz CT molecular complexity index is 475. The Labute approximate surface area is 126 Å². The molecule has 2 N–H and O–H groups in total. The number of carboxylic acid groups (broad SMARTS) is 1. The molecule has 4 nitrogen and oxygen atoms in total. The van der Waals surface area contributed by atoms with Crippen LogP contribution in [0.5, 0.6) is 5.75 Å². The molecule has 0 radical (unpaired) electrons. The van der Waals surface area contributed by atoms with Crippen LogP contribution in [0.25, 0.3) is 0 Å². The summed E-state index contributed by atoms with van der Waals surface area (Å²) >= 11 is 0. The SMILES string of the molecule is COc1ccccc1CC(C)NC1CCCC(C(=O)O)C1. The highest BCUT2D eigenvalue weighted by Gasteiger charge is 2.27. The maximum atomic E-state index is 11.1. The summed E-state index contributed by atoms with van der Waals surface area (Å²) < 4.78 is 5.38. The minimum absolute atomic E-state index is 0.185. The molecule has 21 heavy (non-hydrogen) atoms. The van der Waals surface area contributed by atoms with Crippen molar-refractivity contribution >= 4 is 5.97 Å². The molecule has 1 saturated carbocycles. The lowest BCUT2D eigenvalue weighted by Crippen LogP contribution is -2.42. The molecule has 4 heteroatoms. The molecule has 1 aromatic carbocycles. The molecule has 3 atom stereocenters. The van der Waals surface area contributed by atoms with Gasteiger partial charge in [0.2, 0.25) is 0 Å². The van der Waals surface area contributed by atoms with Gasteiger partial charge in [-0.25, -0.2) is 0 Å². The number of methoxy groups -OCH3 is 1. The van der Waals surface area contributed by atoms with Crippen molar-refractivity contribution in [1.29, 1.82) is 0 Å². The van der Waals surface area contributed by atoms with Gasteiger partial charge in [-0.15, -0.1) is 0 Å². The number of aliphatic carboxylic acids is 1. The summed E-state index contributed by atoms with van der Waals surface area (Å²) in [5.74, 6) is 0.0757. The molecule has 1 aliphatic rings. The maximum Gasteiger partial charge on any atom is 0.306 e. The van der Waals surface area contributed by atoms with Crippen LogP contribution in [-0.4, -0.2) is 30.3 Å². The van der Waals surface area contributed by atoms with E-state index in [2.05, 4.69) is 18.3 Å². The van der Waals surface area contributed by atoms with E-state index in [4.69, 9.17) is 9.84 Å². The predicted octanol–water partition coefficient (Wildman–Crippen LogP) is 2.86. The molecule has 0 amide bonds. The number of carbonyl (C=O) groups is 1. The molecule has 0 aromatic heterocycles. The van der Waals surface area contributed by atoms with Crippen LogP contribution in [0, 0.1) is 5.92 Å². The largest absolute Gasteiger partial charge is 0.496 e. The number of para-hydroxylation sites is 1. The summed E-state index contributed by atoms with van der Waals surface area (Å²) in [5.41, 5.74) is 1.19. The molecule has 1 fully saturated rings. The molecule has 116 valence electrons. The van der Waals surface area contributed by atoms with Crippen LogP contribution in [0.15, 0.2) is 24.3 Å². The molecule has 3 unspecified atom stereocenters. The van der Waals surface area contributed by atoms with Crippen molar-refractivity contribution in [3.05, 3.63) is 29.8 Å². The highest BCUT2D eigenvalue weighted by molar-refractivity contribution is 5.70. The third-order valence-electron chi connectivity index (χ3n) is 4.26. The van der Waals surface area contributed by atoms with Gasteiger partial charge in [0.15, 0.2) is 0 Å². The Kier molecular flexibility index (Phi) is 5.62. The van der Waals surface area contributed by atoms with Crippen molar-refractivity contribution in [3.63, 3.8) is 0 Å². The lowest BCUT2D eigenvalue weighted by molar-refractivity contribution is -0.143. The summed E-state index contributed by atoms with van der Waals surface area (Å²) in [5, 5.41) is 12.7. The standard InChI is InChI=1S/C17H25NO3/c1-12(10-13-6-3-4-9-16(13)21-2)18-15-8-5-7-14(11-15)17(19)20/h3-4,6,9,12,14-15,18H,5,7-8,10-11H2,1-2H3,(H,19,20). The van der Waals surface area contributed by atoms with Crippen LogP contribution < -0.4 is 10.1 Å². The Morgan fingerprint density at radius 1 is 1.43 bits per heavy atom. The molecule has 1 aliphatic carbocycles. The van der Waals surface area contributed by atoms with Gasteiger partial charge in [-0.2, -0.15) is 0 Å². The summed E-state index contributed by atoms with van der Waals surface area (Å²) in [6.45, 7) is 2.15. The van der Waals surface area contributed by atoms with E-state index in [1.807, 2.05) is 18.2 Å². The van der Waals surface area contributed by atoms with Crippen LogP contribution >= 0.6 is 0 Å². The van der Waals surface area contributed by atoms with Gasteiger partial charge in [-0.3, -0.25) is 4.79 Å². The Balaban J connectivity index is 1.89. The van der Waals surface area contributed by atoms with Gasteiger partial charge in [0, 0.05) is 12.1 Å². The highest BCUT2D eigenvalue weighted by Crippen LogP contribution is 2.25. The first-order valence-corrected chi connectivity index (χ1v) is 7.71. The molecule has 0 spiro atoms. The van der Waals surface area contributed by atoms with Crippen molar-refractivity contribution in [1.82, 2.24) is 5.32 Å². The van der Waals surface area contributed by atoms with Gasteiger partial charge >= 0.3 is 5.97 Å². The second-order valence-corrected chi connectivity index (χ2v) is 5.98. The fourth-order valence-corrected chi connectivity index (χ4v) is 3.23. The first-order valence-electron chi connectivity index (χ1n) is 7.71. The number of ether oxygens (including phenoxy) is 1. The normalized spacial score (nSPS) is 23.5. The molecular weight excluding hydrogens is 266 g/mol. The molecule has 0 heterocycles. The first-order chi connectivity index (χ1) is 10.1. The molecule has 0 bridgehead atoms. The molecular formula is C17H25NO3. The van der Waals surface area contributed by atoms with E-state index >= 15 is 0 Å².